The third-order valence-electron chi connectivity index (χ3n) is 5.04. The number of carbonyl (C=O) groups excluding carboxylic acids is 1. The zero-order valence-corrected chi connectivity index (χ0v) is 19.5. The van der Waals surface area contributed by atoms with Crippen LogP contribution in [0.3, 0.4) is 0 Å². The molecule has 1 N–H and O–H groups in total. The first kappa shape index (κ1) is 23.0. The van der Waals surface area contributed by atoms with Crippen molar-refractivity contribution < 1.29 is 28.2 Å². The van der Waals surface area contributed by atoms with Gasteiger partial charge in [0, 0.05) is 22.9 Å². The molecule has 34 heavy (non-hydrogen) atoms. The Kier molecular flexibility index (Phi) is 6.87. The van der Waals surface area contributed by atoms with Crippen molar-refractivity contribution in [2.75, 3.05) is 32.8 Å². The van der Waals surface area contributed by atoms with E-state index in [1.165, 1.54) is 0 Å². The van der Waals surface area contributed by atoms with Gasteiger partial charge in [0.1, 0.15) is 17.0 Å². The van der Waals surface area contributed by atoms with Gasteiger partial charge in [0.15, 0.2) is 17.1 Å². The number of rotatable bonds is 9. The Labute approximate surface area is 197 Å². The summed E-state index contributed by atoms with van der Waals surface area (Å²) >= 11 is 0. The molecule has 176 valence electrons. The number of hydrogen-bond donors (Lipinski definition) is 1. The summed E-state index contributed by atoms with van der Waals surface area (Å²) in [4.78, 5) is 17.5. The van der Waals surface area contributed by atoms with E-state index in [4.69, 9.17) is 23.4 Å². The van der Waals surface area contributed by atoms with Gasteiger partial charge >= 0.3 is 0 Å². The molecule has 0 saturated heterocycles. The van der Waals surface area contributed by atoms with Crippen molar-refractivity contribution >= 4 is 22.7 Å². The van der Waals surface area contributed by atoms with E-state index in [1.54, 1.807) is 62.8 Å². The molecule has 8 nitrogen and oxygen atoms in total. The Morgan fingerprint density at radius 2 is 1.59 bits per heavy atom. The van der Waals surface area contributed by atoms with Crippen LogP contribution in [0.4, 0.5) is 5.69 Å². The van der Waals surface area contributed by atoms with E-state index in [0.717, 1.165) is 5.56 Å². The molecule has 8 heteroatoms. The summed E-state index contributed by atoms with van der Waals surface area (Å²) in [6.45, 7) is 4.75. The van der Waals surface area contributed by atoms with Crippen LogP contribution < -0.4 is 24.3 Å². The second-order valence-corrected chi connectivity index (χ2v) is 7.28. The largest absolute Gasteiger partial charge is 0.494 e. The minimum atomic E-state index is -0.287. The Morgan fingerprint density at radius 3 is 2.24 bits per heavy atom. The number of hydrogen-bond acceptors (Lipinski definition) is 7. The zero-order chi connectivity index (χ0) is 24.1. The van der Waals surface area contributed by atoms with Gasteiger partial charge in [0.25, 0.3) is 5.91 Å². The Morgan fingerprint density at radius 1 is 0.882 bits per heavy atom. The van der Waals surface area contributed by atoms with Crippen molar-refractivity contribution in [1.82, 2.24) is 4.98 Å². The minimum Gasteiger partial charge on any atom is -0.494 e. The number of benzene rings is 3. The lowest BCUT2D eigenvalue weighted by Gasteiger charge is -2.11. The van der Waals surface area contributed by atoms with Crippen LogP contribution in [0.25, 0.3) is 22.6 Å². The summed E-state index contributed by atoms with van der Waals surface area (Å²) in [5.41, 5.74) is 2.97. The van der Waals surface area contributed by atoms with Crippen molar-refractivity contribution in [3.63, 3.8) is 0 Å². The number of aromatic nitrogens is 1. The van der Waals surface area contributed by atoms with E-state index in [-0.39, 0.29) is 5.91 Å². The highest BCUT2D eigenvalue weighted by atomic mass is 16.5. The lowest BCUT2D eigenvalue weighted by atomic mass is 10.1. The van der Waals surface area contributed by atoms with Crippen LogP contribution in [0.2, 0.25) is 0 Å². The predicted molar refractivity (Wildman–Crippen MR) is 129 cm³/mol. The monoisotopic (exact) mass is 462 g/mol. The van der Waals surface area contributed by atoms with E-state index in [1.807, 2.05) is 19.9 Å². The van der Waals surface area contributed by atoms with Gasteiger partial charge in [0.2, 0.25) is 5.89 Å². The number of fused-ring (bicyclic) bond motifs is 1. The van der Waals surface area contributed by atoms with Crippen LogP contribution in [-0.2, 0) is 0 Å². The van der Waals surface area contributed by atoms with Gasteiger partial charge in [-0.2, -0.15) is 0 Å². The van der Waals surface area contributed by atoms with Crippen molar-refractivity contribution in [3.8, 4) is 34.5 Å². The maximum atomic E-state index is 12.9. The maximum absolute atomic E-state index is 12.9. The number of nitrogens with zero attached hydrogens (tertiary/aromatic N) is 1. The third-order valence-corrected chi connectivity index (χ3v) is 5.04. The van der Waals surface area contributed by atoms with Crippen molar-refractivity contribution in [2.45, 2.75) is 13.8 Å². The fraction of sp³-hybridized carbons (Fsp3) is 0.231. The summed E-state index contributed by atoms with van der Waals surface area (Å²) in [7, 11) is 3.15. The second kappa shape index (κ2) is 10.2. The Hall–Kier alpha value is -4.20. The predicted octanol–water partition coefficient (Wildman–Crippen LogP) is 5.56. The molecule has 0 aliphatic rings. The van der Waals surface area contributed by atoms with E-state index in [2.05, 4.69) is 10.3 Å². The molecule has 0 fully saturated rings. The highest BCUT2D eigenvalue weighted by Gasteiger charge is 2.14. The Balaban J connectivity index is 1.59. The molecule has 1 aromatic heterocycles. The number of carbonyl (C=O) groups is 1. The summed E-state index contributed by atoms with van der Waals surface area (Å²) in [6, 6.07) is 15.9. The average molecular weight is 463 g/mol. The van der Waals surface area contributed by atoms with Gasteiger partial charge in [0.05, 0.1) is 27.4 Å². The van der Waals surface area contributed by atoms with E-state index < -0.39 is 0 Å². The van der Waals surface area contributed by atoms with E-state index in [9.17, 15) is 4.79 Å². The lowest BCUT2D eigenvalue weighted by Crippen LogP contribution is -2.12. The first-order chi connectivity index (χ1) is 16.5. The van der Waals surface area contributed by atoms with Gasteiger partial charge in [-0.25, -0.2) is 4.98 Å². The molecule has 0 saturated carbocycles. The molecule has 1 amide bonds. The normalized spacial score (nSPS) is 10.7. The number of ether oxygens (including phenoxy) is 4. The van der Waals surface area contributed by atoms with Crippen LogP contribution in [-0.4, -0.2) is 38.3 Å². The van der Waals surface area contributed by atoms with Gasteiger partial charge in [-0.15, -0.1) is 0 Å². The molecule has 4 rings (SSSR count). The topological polar surface area (TPSA) is 92.1 Å². The van der Waals surface area contributed by atoms with E-state index in [0.29, 0.717) is 64.5 Å². The summed E-state index contributed by atoms with van der Waals surface area (Å²) in [5.74, 6) is 2.50. The van der Waals surface area contributed by atoms with Crippen molar-refractivity contribution in [2.24, 2.45) is 0 Å². The molecule has 0 aliphatic carbocycles. The maximum Gasteiger partial charge on any atom is 0.255 e. The molecule has 0 bridgehead atoms. The highest BCUT2D eigenvalue weighted by Crippen LogP contribution is 2.33. The lowest BCUT2D eigenvalue weighted by molar-refractivity contribution is 0.102. The minimum absolute atomic E-state index is 0.287. The number of amides is 1. The molecular formula is C26H26N2O6. The first-order valence-corrected chi connectivity index (χ1v) is 10.9. The number of oxazole rings is 1. The highest BCUT2D eigenvalue weighted by molar-refractivity contribution is 6.05. The van der Waals surface area contributed by atoms with Gasteiger partial charge in [-0.3, -0.25) is 4.79 Å². The van der Waals surface area contributed by atoms with Gasteiger partial charge < -0.3 is 28.7 Å². The van der Waals surface area contributed by atoms with Crippen LogP contribution in [0.5, 0.6) is 23.0 Å². The summed E-state index contributed by atoms with van der Waals surface area (Å²) in [5, 5.41) is 2.90. The molecule has 0 radical (unpaired) electrons. The second-order valence-electron chi connectivity index (χ2n) is 7.28. The third kappa shape index (κ3) is 4.91. The van der Waals surface area contributed by atoms with Gasteiger partial charge in [-0.05, 0) is 62.4 Å². The number of nitrogens with one attached hydrogen (secondary N) is 1. The van der Waals surface area contributed by atoms with Crippen LogP contribution in [0.1, 0.15) is 24.2 Å². The molecule has 4 aromatic rings. The standard InChI is InChI=1S/C26H26N2O6/c1-5-32-19-11-17(12-20(15-19)33-6-2)25(29)27-18-8-10-22-21(14-18)28-26(34-22)16-7-9-23(30-3)24(13-16)31-4/h7-15H,5-6H2,1-4H3,(H,27,29). The zero-order valence-electron chi connectivity index (χ0n) is 19.5. The summed E-state index contributed by atoms with van der Waals surface area (Å²) in [6.07, 6.45) is 0. The molecule has 3 aromatic carbocycles. The fourth-order valence-electron chi connectivity index (χ4n) is 3.50. The smallest absolute Gasteiger partial charge is 0.255 e. The van der Waals surface area contributed by atoms with E-state index >= 15 is 0 Å². The number of anilines is 1. The first-order valence-electron chi connectivity index (χ1n) is 10.9. The quantitative estimate of drug-likeness (QED) is 0.348. The Bertz CT molecular complexity index is 1290. The molecule has 0 aliphatic heterocycles. The van der Waals surface area contributed by atoms with Crippen LogP contribution >= 0.6 is 0 Å². The van der Waals surface area contributed by atoms with Crippen LogP contribution in [0, 0.1) is 0 Å². The summed E-state index contributed by atoms with van der Waals surface area (Å²) < 4.78 is 27.7. The average Bonchev–Trinajstić information content (AvgIpc) is 3.27. The van der Waals surface area contributed by atoms with Crippen molar-refractivity contribution in [1.29, 1.82) is 0 Å². The molecule has 0 unspecified atom stereocenters. The number of methoxy groups -OCH3 is 2. The molecule has 0 spiro atoms. The van der Waals surface area contributed by atoms with Crippen molar-refractivity contribution in [3.05, 3.63) is 60.2 Å². The fourth-order valence-corrected chi connectivity index (χ4v) is 3.50. The molecule has 0 atom stereocenters. The van der Waals surface area contributed by atoms with Crippen LogP contribution in [0.15, 0.2) is 59.0 Å². The molecular weight excluding hydrogens is 436 g/mol. The van der Waals surface area contributed by atoms with Gasteiger partial charge in [-0.1, -0.05) is 0 Å². The SMILES string of the molecule is CCOc1cc(OCC)cc(C(=O)Nc2ccc3oc(-c4ccc(OC)c(OC)c4)nc3c2)c1. The molecule has 1 heterocycles.